The van der Waals surface area contributed by atoms with Gasteiger partial charge in [-0.2, -0.15) is 0 Å². The molecule has 124 valence electrons. The Morgan fingerprint density at radius 1 is 1.61 bits per heavy atom. The first-order valence-electron chi connectivity index (χ1n) is 7.71. The van der Waals surface area contributed by atoms with Gasteiger partial charge in [-0.1, -0.05) is 5.16 Å². The number of likely N-dealkylation sites (tertiary alicyclic amines) is 1. The highest BCUT2D eigenvalue weighted by molar-refractivity contribution is 5.93. The maximum Gasteiger partial charge on any atom is 0.255 e. The van der Waals surface area contributed by atoms with Crippen LogP contribution in [0.3, 0.4) is 0 Å². The van der Waals surface area contributed by atoms with Crippen molar-refractivity contribution in [3.8, 4) is 0 Å². The molecule has 2 atom stereocenters. The predicted octanol–water partition coefficient (Wildman–Crippen LogP) is 2.00. The number of carbonyl (C=O) groups excluding carboxylic acids is 1. The van der Waals surface area contributed by atoms with Crippen LogP contribution in [0.25, 0.3) is 0 Å². The van der Waals surface area contributed by atoms with Gasteiger partial charge in [-0.15, -0.1) is 0 Å². The molecule has 0 spiro atoms. The normalized spacial score (nSPS) is 21.7. The van der Waals surface area contributed by atoms with E-state index in [1.54, 1.807) is 30.4 Å². The minimum atomic E-state index is -0.875. The number of aromatic amines is 1. The van der Waals surface area contributed by atoms with Crippen LogP contribution in [0, 0.1) is 6.92 Å². The topological polar surface area (TPSA) is 65.4 Å². The van der Waals surface area contributed by atoms with E-state index < -0.39 is 6.17 Å². The predicted molar refractivity (Wildman–Crippen MR) is 82.7 cm³/mol. The zero-order valence-corrected chi connectivity index (χ0v) is 13.3. The van der Waals surface area contributed by atoms with Gasteiger partial charge in [0.2, 0.25) is 0 Å². The second-order valence-electron chi connectivity index (χ2n) is 6.14. The number of hydrogen-bond acceptors (Lipinski definition) is 4. The summed E-state index contributed by atoms with van der Waals surface area (Å²) in [4.78, 5) is 18.8. The largest absolute Gasteiger partial charge is 0.367 e. The van der Waals surface area contributed by atoms with Crippen LogP contribution in [0.2, 0.25) is 0 Å². The number of nitrogens with one attached hydrogen (secondary N) is 1. The van der Waals surface area contributed by atoms with E-state index in [4.69, 9.17) is 4.52 Å². The van der Waals surface area contributed by atoms with Gasteiger partial charge in [0.05, 0.1) is 17.8 Å². The van der Waals surface area contributed by atoms with Crippen LogP contribution in [-0.2, 0) is 6.54 Å². The van der Waals surface area contributed by atoms with Crippen LogP contribution < -0.4 is 0 Å². The molecule has 0 unspecified atom stereocenters. The molecule has 2 aromatic heterocycles. The van der Waals surface area contributed by atoms with Crippen molar-refractivity contribution in [2.45, 2.75) is 32.1 Å². The van der Waals surface area contributed by atoms with E-state index in [1.807, 2.05) is 17.9 Å². The Hall–Kier alpha value is -2.15. The molecular weight excluding hydrogens is 299 g/mol. The second-order valence-corrected chi connectivity index (χ2v) is 6.14. The van der Waals surface area contributed by atoms with Crippen molar-refractivity contribution in [2.75, 3.05) is 20.1 Å². The Morgan fingerprint density at radius 3 is 3.09 bits per heavy atom. The van der Waals surface area contributed by atoms with Crippen molar-refractivity contribution in [2.24, 2.45) is 0 Å². The molecule has 0 bridgehead atoms. The van der Waals surface area contributed by atoms with Gasteiger partial charge >= 0.3 is 0 Å². The van der Waals surface area contributed by atoms with Crippen LogP contribution in [0.1, 0.15) is 28.2 Å². The highest BCUT2D eigenvalue weighted by Gasteiger charge is 2.34. The third-order valence-corrected chi connectivity index (χ3v) is 4.19. The number of likely N-dealkylation sites (N-methyl/N-ethyl adjacent to an activating group) is 1. The summed E-state index contributed by atoms with van der Waals surface area (Å²) in [7, 11) is 1.75. The summed E-state index contributed by atoms with van der Waals surface area (Å²) in [5, 5.41) is 3.86. The molecular formula is C16H21FN4O2. The number of aromatic nitrogens is 2. The molecule has 1 aliphatic rings. The Kier molecular flexibility index (Phi) is 4.47. The van der Waals surface area contributed by atoms with Crippen molar-refractivity contribution in [3.63, 3.8) is 0 Å². The van der Waals surface area contributed by atoms with Crippen molar-refractivity contribution in [1.29, 1.82) is 0 Å². The van der Waals surface area contributed by atoms with Gasteiger partial charge in [0.25, 0.3) is 5.91 Å². The summed E-state index contributed by atoms with van der Waals surface area (Å²) in [6.07, 6.45) is 2.94. The van der Waals surface area contributed by atoms with Crippen LogP contribution in [-0.4, -0.2) is 58.2 Å². The van der Waals surface area contributed by atoms with E-state index in [9.17, 15) is 9.18 Å². The average Bonchev–Trinajstić information content (AvgIpc) is 3.22. The summed E-state index contributed by atoms with van der Waals surface area (Å²) in [6, 6.07) is 3.57. The van der Waals surface area contributed by atoms with Crippen LogP contribution in [0.4, 0.5) is 4.39 Å². The smallest absolute Gasteiger partial charge is 0.255 e. The van der Waals surface area contributed by atoms with Crippen molar-refractivity contribution < 1.29 is 13.7 Å². The Labute approximate surface area is 134 Å². The average molecular weight is 320 g/mol. The summed E-state index contributed by atoms with van der Waals surface area (Å²) in [6.45, 7) is 3.21. The summed E-state index contributed by atoms with van der Waals surface area (Å²) in [5.74, 6) is 0.658. The number of aryl methyl sites for hydroxylation is 1. The highest BCUT2D eigenvalue weighted by atomic mass is 19.1. The monoisotopic (exact) mass is 320 g/mol. The SMILES string of the molecule is Cc1cc(CN2C[C@@H](F)C[C@H]2CN(C)C(=O)c2cc[nH]c2)on1. The molecule has 3 rings (SSSR count). The number of nitrogens with zero attached hydrogens (tertiary/aromatic N) is 3. The van der Waals surface area contributed by atoms with Crippen LogP contribution in [0.5, 0.6) is 0 Å². The fourth-order valence-electron chi connectivity index (χ4n) is 3.07. The van der Waals surface area contributed by atoms with Gasteiger partial charge in [-0.25, -0.2) is 4.39 Å². The lowest BCUT2D eigenvalue weighted by Crippen LogP contribution is -2.40. The van der Waals surface area contributed by atoms with E-state index in [-0.39, 0.29) is 11.9 Å². The molecule has 1 saturated heterocycles. The van der Waals surface area contributed by atoms with E-state index in [1.165, 1.54) is 0 Å². The Balaban J connectivity index is 1.63. The maximum absolute atomic E-state index is 13.9. The number of alkyl halides is 1. The molecule has 0 radical (unpaired) electrons. The zero-order chi connectivity index (χ0) is 16.4. The number of carbonyl (C=O) groups is 1. The van der Waals surface area contributed by atoms with E-state index in [0.717, 1.165) is 11.5 Å². The number of hydrogen-bond donors (Lipinski definition) is 1. The number of rotatable bonds is 5. The molecule has 0 aliphatic carbocycles. The van der Waals surface area contributed by atoms with Crippen LogP contribution in [0.15, 0.2) is 29.0 Å². The van der Waals surface area contributed by atoms with Crippen molar-refractivity contribution in [3.05, 3.63) is 41.5 Å². The molecule has 0 aromatic carbocycles. The molecule has 1 N–H and O–H groups in total. The Morgan fingerprint density at radius 2 is 2.43 bits per heavy atom. The number of halogens is 1. The molecule has 1 fully saturated rings. The van der Waals surface area contributed by atoms with Gasteiger partial charge < -0.3 is 14.4 Å². The molecule has 23 heavy (non-hydrogen) atoms. The van der Waals surface area contributed by atoms with Gasteiger partial charge in [-0.3, -0.25) is 9.69 Å². The maximum atomic E-state index is 13.9. The third kappa shape index (κ3) is 3.61. The Bertz CT molecular complexity index is 655. The van der Waals surface area contributed by atoms with E-state index >= 15 is 0 Å². The van der Waals surface area contributed by atoms with Crippen LogP contribution >= 0.6 is 0 Å². The zero-order valence-electron chi connectivity index (χ0n) is 13.3. The summed E-state index contributed by atoms with van der Waals surface area (Å²) in [5.41, 5.74) is 1.42. The second kappa shape index (κ2) is 6.54. The van der Waals surface area contributed by atoms with Gasteiger partial charge in [-0.05, 0) is 19.4 Å². The minimum Gasteiger partial charge on any atom is -0.367 e. The first-order chi connectivity index (χ1) is 11.0. The van der Waals surface area contributed by atoms with E-state index in [2.05, 4.69) is 10.1 Å². The summed E-state index contributed by atoms with van der Waals surface area (Å²) < 4.78 is 19.1. The number of H-pyrrole nitrogens is 1. The third-order valence-electron chi connectivity index (χ3n) is 4.19. The lowest BCUT2D eigenvalue weighted by Gasteiger charge is -2.27. The quantitative estimate of drug-likeness (QED) is 0.915. The lowest BCUT2D eigenvalue weighted by molar-refractivity contribution is 0.0746. The number of amides is 1. The molecule has 2 aromatic rings. The molecule has 3 heterocycles. The lowest BCUT2D eigenvalue weighted by atomic mass is 10.2. The van der Waals surface area contributed by atoms with Gasteiger partial charge in [0, 0.05) is 44.6 Å². The molecule has 1 aliphatic heterocycles. The molecule has 6 nitrogen and oxygen atoms in total. The molecule has 7 heteroatoms. The van der Waals surface area contributed by atoms with Gasteiger partial charge in [0.1, 0.15) is 6.17 Å². The summed E-state index contributed by atoms with van der Waals surface area (Å²) >= 11 is 0. The van der Waals surface area contributed by atoms with Gasteiger partial charge in [0.15, 0.2) is 5.76 Å². The van der Waals surface area contributed by atoms with E-state index in [0.29, 0.717) is 31.6 Å². The minimum absolute atomic E-state index is 0.0247. The first-order valence-corrected chi connectivity index (χ1v) is 7.71. The first kappa shape index (κ1) is 15.7. The molecule has 0 saturated carbocycles. The standard InChI is InChI=1S/C16H21FN4O2/c1-11-5-15(23-19-11)10-21-8-13(17)6-14(21)9-20(2)16(22)12-3-4-18-7-12/h3-5,7,13-14,18H,6,8-10H2,1-2H3/t13-,14-/m0/s1. The highest BCUT2D eigenvalue weighted by Crippen LogP contribution is 2.24. The van der Waals surface area contributed by atoms with Crippen molar-refractivity contribution in [1.82, 2.24) is 19.9 Å². The van der Waals surface area contributed by atoms with Crippen molar-refractivity contribution >= 4 is 5.91 Å². The fourth-order valence-corrected chi connectivity index (χ4v) is 3.07. The molecule has 1 amide bonds. The fraction of sp³-hybridized carbons (Fsp3) is 0.500.